The smallest absolute Gasteiger partial charge is 0.340 e. The van der Waals surface area contributed by atoms with Crippen molar-refractivity contribution in [1.82, 2.24) is 0 Å². The zero-order valence-electron chi connectivity index (χ0n) is 21.5. The fourth-order valence-corrected chi connectivity index (χ4v) is 5.52. The number of carbonyl (C=O) groups excluding carboxylic acids is 1. The van der Waals surface area contributed by atoms with Crippen LogP contribution in [0, 0.1) is 11.8 Å². The minimum Gasteiger partial charge on any atom is -0.481 e. The molecule has 0 amide bonds. The summed E-state index contributed by atoms with van der Waals surface area (Å²) in [6.07, 6.45) is 5.47. The van der Waals surface area contributed by atoms with Gasteiger partial charge in [0.1, 0.15) is 11.2 Å². The molecule has 2 heterocycles. The topological polar surface area (TPSA) is 86.6 Å². The van der Waals surface area contributed by atoms with Crippen LogP contribution in [0.4, 0.5) is 0 Å². The van der Waals surface area contributed by atoms with Crippen molar-refractivity contribution < 1.29 is 28.8 Å². The highest BCUT2D eigenvalue weighted by atomic mass is 16.7. The van der Waals surface area contributed by atoms with E-state index in [-0.39, 0.29) is 11.8 Å². The van der Waals surface area contributed by atoms with E-state index in [1.807, 2.05) is 71.0 Å². The molecule has 0 bridgehead atoms. The van der Waals surface area contributed by atoms with Crippen molar-refractivity contribution in [3.63, 3.8) is 0 Å². The number of hydrogen-bond donors (Lipinski definition) is 1. The minimum absolute atomic E-state index is 0.244. The summed E-state index contributed by atoms with van der Waals surface area (Å²) >= 11 is 0. The maximum atomic E-state index is 14.0. The van der Waals surface area contributed by atoms with Crippen molar-refractivity contribution in [2.24, 2.45) is 16.8 Å². The van der Waals surface area contributed by atoms with Crippen LogP contribution >= 0.6 is 0 Å². The monoisotopic (exact) mass is 485 g/mol. The Morgan fingerprint density at radius 3 is 2.66 bits per heavy atom. The molecular formula is C28H39NO6. The Morgan fingerprint density at radius 1 is 1.29 bits per heavy atom. The molecule has 3 aliphatic rings. The van der Waals surface area contributed by atoms with Crippen LogP contribution < -0.4 is 0 Å². The van der Waals surface area contributed by atoms with Crippen molar-refractivity contribution >= 4 is 11.9 Å². The van der Waals surface area contributed by atoms with E-state index < -0.39 is 35.1 Å². The molecule has 192 valence electrons. The van der Waals surface area contributed by atoms with Gasteiger partial charge in [-0.05, 0) is 59.4 Å². The lowest BCUT2D eigenvalue weighted by Crippen LogP contribution is -2.66. The number of allylic oxidation sites excluding steroid dienone is 1. The van der Waals surface area contributed by atoms with E-state index in [2.05, 4.69) is 6.08 Å². The van der Waals surface area contributed by atoms with E-state index in [9.17, 15) is 9.90 Å². The Morgan fingerprint density at radius 2 is 2.03 bits per heavy atom. The number of aliphatic imine (C=N–C) groups is 1. The summed E-state index contributed by atoms with van der Waals surface area (Å²) in [4.78, 5) is 18.8. The molecule has 0 spiro atoms. The zero-order valence-corrected chi connectivity index (χ0v) is 21.5. The van der Waals surface area contributed by atoms with Gasteiger partial charge in [0, 0.05) is 12.3 Å². The van der Waals surface area contributed by atoms with Crippen LogP contribution in [0.5, 0.6) is 0 Å². The van der Waals surface area contributed by atoms with Crippen molar-refractivity contribution in [2.75, 3.05) is 6.61 Å². The van der Waals surface area contributed by atoms with E-state index in [0.29, 0.717) is 25.5 Å². The predicted molar refractivity (Wildman–Crippen MR) is 133 cm³/mol. The lowest BCUT2D eigenvalue weighted by atomic mass is 9.68. The molecular weight excluding hydrogens is 446 g/mol. The number of aliphatic hydroxyl groups excluding tert-OH is 1. The van der Waals surface area contributed by atoms with E-state index in [4.69, 9.17) is 23.9 Å². The van der Waals surface area contributed by atoms with Gasteiger partial charge in [-0.3, -0.25) is 0 Å². The van der Waals surface area contributed by atoms with Crippen LogP contribution in [0.3, 0.4) is 0 Å². The average Bonchev–Trinajstić information content (AvgIpc) is 3.28. The van der Waals surface area contributed by atoms with E-state index >= 15 is 0 Å². The highest BCUT2D eigenvalue weighted by Gasteiger charge is 2.73. The van der Waals surface area contributed by atoms with Crippen LogP contribution in [0.2, 0.25) is 0 Å². The molecule has 0 aromatic heterocycles. The second-order valence-corrected chi connectivity index (χ2v) is 10.9. The van der Waals surface area contributed by atoms with Gasteiger partial charge in [0.15, 0.2) is 12.2 Å². The number of fused-ring (bicyclic) bond motifs is 1. The fourth-order valence-electron chi connectivity index (χ4n) is 5.52. The van der Waals surface area contributed by atoms with Crippen LogP contribution in [0.15, 0.2) is 47.5 Å². The van der Waals surface area contributed by atoms with E-state index in [1.165, 1.54) is 0 Å². The third-order valence-corrected chi connectivity index (χ3v) is 7.22. The maximum absolute atomic E-state index is 14.0. The van der Waals surface area contributed by atoms with Crippen molar-refractivity contribution in [3.8, 4) is 0 Å². The summed E-state index contributed by atoms with van der Waals surface area (Å²) in [6.45, 7) is 9.94. The Bertz CT molecular complexity index is 954. The lowest BCUT2D eigenvalue weighted by Gasteiger charge is -2.44. The molecule has 1 fully saturated rings. The Hall–Kier alpha value is -2.22. The molecule has 1 saturated heterocycles. The third-order valence-electron chi connectivity index (χ3n) is 7.22. The first-order chi connectivity index (χ1) is 16.6. The van der Waals surface area contributed by atoms with Crippen LogP contribution in [-0.2, 0) is 30.3 Å². The number of esters is 1. The van der Waals surface area contributed by atoms with E-state index in [1.54, 1.807) is 0 Å². The normalized spacial score (nSPS) is 33.2. The average molecular weight is 486 g/mol. The molecule has 1 N–H and O–H groups in total. The third kappa shape index (κ3) is 4.91. The van der Waals surface area contributed by atoms with Gasteiger partial charge in [-0.1, -0.05) is 42.5 Å². The molecule has 7 nitrogen and oxygen atoms in total. The summed E-state index contributed by atoms with van der Waals surface area (Å²) in [5.74, 6) is -0.766. The Balaban J connectivity index is 1.71. The van der Waals surface area contributed by atoms with Gasteiger partial charge in [0.2, 0.25) is 5.54 Å². The maximum Gasteiger partial charge on any atom is 0.340 e. The van der Waals surface area contributed by atoms with Gasteiger partial charge in [0.05, 0.1) is 25.2 Å². The molecule has 1 aliphatic carbocycles. The zero-order chi connectivity index (χ0) is 25.3. The number of ether oxygens (including phenoxy) is 4. The summed E-state index contributed by atoms with van der Waals surface area (Å²) in [7, 11) is 0. The number of carbonyl (C=O) groups is 1. The summed E-state index contributed by atoms with van der Waals surface area (Å²) in [6, 6.07) is 9.88. The molecule has 2 aliphatic heterocycles. The highest BCUT2D eigenvalue weighted by Crippen LogP contribution is 2.55. The first-order valence-electron chi connectivity index (χ1n) is 12.7. The standard InChI is InChI=1S/C28H39NO6/c1-6-32-24-21-17-22(33-18-19-13-9-7-10-14-19)34-27(21,5)28(29-24,25(31)35-26(2,3)4)23(30)20-15-11-8-12-16-20/h7,9-11,13-15,20-23,30H,6,8,12,16-18H2,1-5H3/t20?,21-,22+,23?,27-,28-/m0/s1. The molecule has 35 heavy (non-hydrogen) atoms. The quantitative estimate of drug-likeness (QED) is 0.450. The Labute approximate surface area is 208 Å². The van der Waals surface area contributed by atoms with Crippen molar-refractivity contribution in [1.29, 1.82) is 0 Å². The summed E-state index contributed by atoms with van der Waals surface area (Å²) < 4.78 is 24.5. The number of aliphatic hydroxyl groups is 1. The number of nitrogens with zero attached hydrogens (tertiary/aromatic N) is 1. The second kappa shape index (κ2) is 10.0. The highest BCUT2D eigenvalue weighted by molar-refractivity contribution is 5.95. The second-order valence-electron chi connectivity index (χ2n) is 10.9. The van der Waals surface area contributed by atoms with Gasteiger partial charge in [0.25, 0.3) is 0 Å². The van der Waals surface area contributed by atoms with Gasteiger partial charge < -0.3 is 24.1 Å². The fraction of sp³-hybridized carbons (Fsp3) is 0.643. The van der Waals surface area contributed by atoms with Crippen LogP contribution in [-0.4, -0.2) is 52.7 Å². The summed E-state index contributed by atoms with van der Waals surface area (Å²) in [5.41, 5.74) is -2.59. The largest absolute Gasteiger partial charge is 0.481 e. The first kappa shape index (κ1) is 25.9. The first-order valence-corrected chi connectivity index (χ1v) is 12.7. The van der Waals surface area contributed by atoms with E-state index in [0.717, 1.165) is 24.8 Å². The molecule has 0 radical (unpaired) electrons. The molecule has 1 aromatic carbocycles. The van der Waals surface area contributed by atoms with Crippen molar-refractivity contribution in [3.05, 3.63) is 48.0 Å². The van der Waals surface area contributed by atoms with Gasteiger partial charge in [-0.2, -0.15) is 0 Å². The molecule has 0 saturated carbocycles. The Kier molecular flexibility index (Phi) is 7.41. The van der Waals surface area contributed by atoms with Crippen LogP contribution in [0.25, 0.3) is 0 Å². The van der Waals surface area contributed by atoms with Gasteiger partial charge in [-0.15, -0.1) is 0 Å². The minimum atomic E-state index is -1.67. The van der Waals surface area contributed by atoms with Gasteiger partial charge in [-0.25, -0.2) is 9.79 Å². The summed E-state index contributed by atoms with van der Waals surface area (Å²) in [5, 5.41) is 11.8. The molecule has 2 unspecified atom stereocenters. The number of hydrogen-bond acceptors (Lipinski definition) is 7. The van der Waals surface area contributed by atoms with Crippen LogP contribution in [0.1, 0.15) is 65.9 Å². The molecule has 1 aromatic rings. The molecule has 6 atom stereocenters. The SMILES string of the molecule is CCOC1=N[C@](C(=O)OC(C)(C)C)(C(O)C2C=CCCC2)[C@@]2(C)O[C@@H](OCc3ccccc3)C[C@@H]12. The molecule has 4 rings (SSSR count). The van der Waals surface area contributed by atoms with Crippen molar-refractivity contribution in [2.45, 2.75) is 96.0 Å². The molecule has 7 heteroatoms. The van der Waals surface area contributed by atoms with Gasteiger partial charge >= 0.3 is 5.97 Å². The predicted octanol–water partition coefficient (Wildman–Crippen LogP) is 4.57. The number of benzene rings is 1. The lowest BCUT2D eigenvalue weighted by molar-refractivity contribution is -0.216. The number of rotatable bonds is 7.